The standard InChI is InChI=1S/C17H24N2O/c18-12-10-15-6-8-16(9-7-15)17(20)19-13-11-14-4-2-1-3-5-14/h4,6-9H,1-3,5,10-13,18H2,(H,19,20). The molecule has 2 rings (SSSR count). The Morgan fingerprint density at radius 2 is 1.95 bits per heavy atom. The van der Waals surface area contributed by atoms with Gasteiger partial charge in [0.15, 0.2) is 0 Å². The zero-order valence-electron chi connectivity index (χ0n) is 12.0. The summed E-state index contributed by atoms with van der Waals surface area (Å²) in [6.45, 7) is 1.37. The molecule has 0 saturated carbocycles. The minimum absolute atomic E-state index is 0.0145. The zero-order valence-corrected chi connectivity index (χ0v) is 12.0. The number of rotatable bonds is 6. The maximum Gasteiger partial charge on any atom is 0.251 e. The molecule has 3 nitrogen and oxygen atoms in total. The van der Waals surface area contributed by atoms with E-state index in [4.69, 9.17) is 5.73 Å². The van der Waals surface area contributed by atoms with Crippen molar-refractivity contribution in [1.82, 2.24) is 5.32 Å². The van der Waals surface area contributed by atoms with E-state index in [1.807, 2.05) is 24.3 Å². The molecule has 108 valence electrons. The summed E-state index contributed by atoms with van der Waals surface area (Å²) in [4.78, 5) is 12.0. The zero-order chi connectivity index (χ0) is 14.2. The average molecular weight is 272 g/mol. The fourth-order valence-corrected chi connectivity index (χ4v) is 2.56. The van der Waals surface area contributed by atoms with E-state index in [2.05, 4.69) is 11.4 Å². The van der Waals surface area contributed by atoms with Gasteiger partial charge in [-0.25, -0.2) is 0 Å². The molecule has 3 heteroatoms. The SMILES string of the molecule is NCCc1ccc(C(=O)NCCC2=CCCCC2)cc1. The van der Waals surface area contributed by atoms with Crippen LogP contribution in [0.2, 0.25) is 0 Å². The van der Waals surface area contributed by atoms with E-state index in [1.165, 1.54) is 36.8 Å². The molecule has 1 aromatic rings. The van der Waals surface area contributed by atoms with Crippen LogP contribution in [0.3, 0.4) is 0 Å². The van der Waals surface area contributed by atoms with Gasteiger partial charge in [0.1, 0.15) is 0 Å². The van der Waals surface area contributed by atoms with Crippen LogP contribution in [-0.2, 0) is 6.42 Å². The Morgan fingerprint density at radius 3 is 2.60 bits per heavy atom. The molecule has 1 aliphatic rings. The number of hydrogen-bond donors (Lipinski definition) is 2. The monoisotopic (exact) mass is 272 g/mol. The number of nitrogens with two attached hydrogens (primary N) is 1. The van der Waals surface area contributed by atoms with Gasteiger partial charge in [-0.05, 0) is 62.8 Å². The highest BCUT2D eigenvalue weighted by Gasteiger charge is 2.07. The molecule has 0 unspecified atom stereocenters. The van der Waals surface area contributed by atoms with Crippen LogP contribution >= 0.6 is 0 Å². The van der Waals surface area contributed by atoms with Gasteiger partial charge in [0, 0.05) is 12.1 Å². The second kappa shape index (κ2) is 7.85. The predicted octanol–water partition coefficient (Wildman–Crippen LogP) is 2.81. The summed E-state index contributed by atoms with van der Waals surface area (Å²) in [5.41, 5.74) is 8.91. The third kappa shape index (κ3) is 4.49. The molecule has 0 aromatic heterocycles. The first-order valence-electron chi connectivity index (χ1n) is 7.54. The summed E-state index contributed by atoms with van der Waals surface area (Å²) in [5, 5.41) is 2.99. The number of hydrogen-bond acceptors (Lipinski definition) is 2. The van der Waals surface area contributed by atoms with Crippen LogP contribution in [0.5, 0.6) is 0 Å². The quantitative estimate of drug-likeness (QED) is 0.782. The molecule has 1 aliphatic carbocycles. The highest BCUT2D eigenvalue weighted by Crippen LogP contribution is 2.19. The highest BCUT2D eigenvalue weighted by molar-refractivity contribution is 5.94. The van der Waals surface area contributed by atoms with Crippen molar-refractivity contribution in [3.8, 4) is 0 Å². The smallest absolute Gasteiger partial charge is 0.251 e. The summed E-state index contributed by atoms with van der Waals surface area (Å²) in [6.07, 6.45) is 9.17. The third-order valence-corrected chi connectivity index (χ3v) is 3.77. The summed E-state index contributed by atoms with van der Waals surface area (Å²) in [7, 11) is 0. The molecule has 0 spiro atoms. The largest absolute Gasteiger partial charge is 0.352 e. The molecule has 1 aromatic carbocycles. The van der Waals surface area contributed by atoms with Crippen molar-refractivity contribution in [1.29, 1.82) is 0 Å². The van der Waals surface area contributed by atoms with E-state index in [0.717, 1.165) is 24.9 Å². The minimum atomic E-state index is 0.0145. The second-order valence-corrected chi connectivity index (χ2v) is 5.35. The van der Waals surface area contributed by atoms with Gasteiger partial charge in [0.2, 0.25) is 0 Å². The van der Waals surface area contributed by atoms with Crippen molar-refractivity contribution < 1.29 is 4.79 Å². The molecular weight excluding hydrogens is 248 g/mol. The van der Waals surface area contributed by atoms with Crippen molar-refractivity contribution in [3.63, 3.8) is 0 Å². The van der Waals surface area contributed by atoms with Crippen LogP contribution < -0.4 is 11.1 Å². The van der Waals surface area contributed by atoms with E-state index < -0.39 is 0 Å². The number of nitrogens with one attached hydrogen (secondary N) is 1. The fourth-order valence-electron chi connectivity index (χ4n) is 2.56. The molecule has 0 saturated heterocycles. The molecule has 1 amide bonds. The van der Waals surface area contributed by atoms with Crippen molar-refractivity contribution in [2.24, 2.45) is 5.73 Å². The number of amides is 1. The Morgan fingerprint density at radius 1 is 1.15 bits per heavy atom. The topological polar surface area (TPSA) is 55.1 Å². The minimum Gasteiger partial charge on any atom is -0.352 e. The van der Waals surface area contributed by atoms with Gasteiger partial charge in [0.25, 0.3) is 5.91 Å². The normalized spacial score (nSPS) is 14.8. The average Bonchev–Trinajstić information content (AvgIpc) is 2.49. The van der Waals surface area contributed by atoms with Crippen LogP contribution in [-0.4, -0.2) is 19.0 Å². The Hall–Kier alpha value is -1.61. The lowest BCUT2D eigenvalue weighted by Crippen LogP contribution is -2.24. The van der Waals surface area contributed by atoms with Gasteiger partial charge in [0.05, 0.1) is 0 Å². The van der Waals surface area contributed by atoms with Crippen LogP contribution in [0, 0.1) is 0 Å². The van der Waals surface area contributed by atoms with Crippen molar-refractivity contribution >= 4 is 5.91 Å². The van der Waals surface area contributed by atoms with Gasteiger partial charge in [-0.15, -0.1) is 0 Å². The summed E-state index contributed by atoms with van der Waals surface area (Å²) in [6, 6.07) is 7.71. The summed E-state index contributed by atoms with van der Waals surface area (Å²) >= 11 is 0. The summed E-state index contributed by atoms with van der Waals surface area (Å²) < 4.78 is 0. The molecule has 20 heavy (non-hydrogen) atoms. The van der Waals surface area contributed by atoms with Crippen molar-refractivity contribution in [3.05, 3.63) is 47.0 Å². The third-order valence-electron chi connectivity index (χ3n) is 3.77. The van der Waals surface area contributed by atoms with Crippen molar-refractivity contribution in [2.75, 3.05) is 13.1 Å². The van der Waals surface area contributed by atoms with Crippen LogP contribution in [0.1, 0.15) is 48.0 Å². The van der Waals surface area contributed by atoms with Crippen molar-refractivity contribution in [2.45, 2.75) is 38.5 Å². The summed E-state index contributed by atoms with van der Waals surface area (Å²) in [5.74, 6) is 0.0145. The molecule has 0 radical (unpaired) electrons. The first-order valence-corrected chi connectivity index (χ1v) is 7.54. The van der Waals surface area contributed by atoms with Crippen LogP contribution in [0.4, 0.5) is 0 Å². The maximum absolute atomic E-state index is 12.0. The number of carbonyl (C=O) groups is 1. The first-order chi connectivity index (χ1) is 9.79. The molecule has 3 N–H and O–H groups in total. The second-order valence-electron chi connectivity index (χ2n) is 5.35. The lowest BCUT2D eigenvalue weighted by molar-refractivity contribution is 0.0954. The first kappa shape index (κ1) is 14.8. The van der Waals surface area contributed by atoms with Gasteiger partial charge >= 0.3 is 0 Å². The lowest BCUT2D eigenvalue weighted by atomic mass is 9.97. The molecule has 0 bridgehead atoms. The Balaban J connectivity index is 1.77. The van der Waals surface area contributed by atoms with E-state index in [-0.39, 0.29) is 5.91 Å². The lowest BCUT2D eigenvalue weighted by Gasteiger charge is -2.13. The van der Waals surface area contributed by atoms with Crippen LogP contribution in [0.15, 0.2) is 35.9 Å². The van der Waals surface area contributed by atoms with Gasteiger partial charge in [-0.2, -0.15) is 0 Å². The van der Waals surface area contributed by atoms with E-state index in [1.54, 1.807) is 0 Å². The molecule has 0 aliphatic heterocycles. The van der Waals surface area contributed by atoms with E-state index in [0.29, 0.717) is 6.54 Å². The number of carbonyl (C=O) groups excluding carboxylic acids is 1. The van der Waals surface area contributed by atoms with Gasteiger partial charge in [-0.1, -0.05) is 23.8 Å². The van der Waals surface area contributed by atoms with Crippen LogP contribution in [0.25, 0.3) is 0 Å². The fraction of sp³-hybridized carbons (Fsp3) is 0.471. The molecule has 0 fully saturated rings. The van der Waals surface area contributed by atoms with E-state index in [9.17, 15) is 4.79 Å². The molecule has 0 atom stereocenters. The molecule has 0 heterocycles. The predicted molar refractivity (Wildman–Crippen MR) is 82.7 cm³/mol. The highest BCUT2D eigenvalue weighted by atomic mass is 16.1. The molecular formula is C17H24N2O. The Bertz CT molecular complexity index is 462. The Kier molecular flexibility index (Phi) is 5.81. The maximum atomic E-state index is 12.0. The van der Waals surface area contributed by atoms with E-state index >= 15 is 0 Å². The Labute approximate surface area is 121 Å². The van der Waals surface area contributed by atoms with Gasteiger partial charge < -0.3 is 11.1 Å². The van der Waals surface area contributed by atoms with Gasteiger partial charge in [-0.3, -0.25) is 4.79 Å². The number of benzene rings is 1. The number of allylic oxidation sites excluding steroid dienone is 1.